The number of hydrogen-bond acceptors (Lipinski definition) is 4. The van der Waals surface area contributed by atoms with E-state index in [1.807, 2.05) is 24.3 Å². The molecule has 3 N–H and O–H groups in total. The van der Waals surface area contributed by atoms with Crippen LogP contribution in [0.3, 0.4) is 0 Å². The van der Waals surface area contributed by atoms with E-state index in [1.54, 1.807) is 7.05 Å². The van der Waals surface area contributed by atoms with Crippen molar-refractivity contribution in [2.75, 3.05) is 6.54 Å². The van der Waals surface area contributed by atoms with Gasteiger partial charge in [0.15, 0.2) is 5.16 Å². The number of hydrogen-bond donors (Lipinski definition) is 2. The van der Waals surface area contributed by atoms with Crippen LogP contribution in [0, 0.1) is 0 Å². The largest absolute Gasteiger partial charge is 0.343 e. The molecule has 0 saturated heterocycles. The molecular weight excluding hydrogens is 316 g/mol. The van der Waals surface area contributed by atoms with Crippen molar-refractivity contribution in [3.63, 3.8) is 0 Å². The molecule has 0 saturated carbocycles. The van der Waals surface area contributed by atoms with Crippen LogP contribution in [0.25, 0.3) is 0 Å². The number of thioether (sulfide) groups is 1. The number of halogens is 1. The summed E-state index contributed by atoms with van der Waals surface area (Å²) in [7, 11) is 1.68. The Bertz CT molecular complexity index is 577. The summed E-state index contributed by atoms with van der Waals surface area (Å²) in [6, 6.07) is 7.98. The third-order valence-corrected chi connectivity index (χ3v) is 4.40. The lowest BCUT2D eigenvalue weighted by Gasteiger charge is -2.13. The zero-order chi connectivity index (χ0) is 13.1. The molecule has 1 atom stereocenters. The summed E-state index contributed by atoms with van der Waals surface area (Å²) >= 11 is 4.87. The first-order chi connectivity index (χ1) is 8.61. The van der Waals surface area contributed by atoms with E-state index >= 15 is 0 Å². The highest BCUT2D eigenvalue weighted by Gasteiger charge is 2.15. The summed E-state index contributed by atoms with van der Waals surface area (Å²) in [5.74, 6) is 0. The van der Waals surface area contributed by atoms with E-state index in [4.69, 9.17) is 5.73 Å². The van der Waals surface area contributed by atoms with Gasteiger partial charge in [0.1, 0.15) is 0 Å². The van der Waals surface area contributed by atoms with Crippen LogP contribution in [0.15, 0.2) is 38.7 Å². The first-order valence-electron chi connectivity index (χ1n) is 5.35. The number of H-pyrrole nitrogens is 1. The van der Waals surface area contributed by atoms with Gasteiger partial charge in [-0.15, -0.1) is 5.10 Å². The summed E-state index contributed by atoms with van der Waals surface area (Å²) < 4.78 is 2.51. The second kappa shape index (κ2) is 5.73. The molecule has 1 heterocycles. The minimum atomic E-state index is -0.218. The predicted octanol–water partition coefficient (Wildman–Crippen LogP) is 1.66. The van der Waals surface area contributed by atoms with Crippen molar-refractivity contribution >= 4 is 27.7 Å². The molecule has 18 heavy (non-hydrogen) atoms. The molecule has 0 spiro atoms. The van der Waals surface area contributed by atoms with Gasteiger partial charge >= 0.3 is 5.69 Å². The summed E-state index contributed by atoms with van der Waals surface area (Å²) in [5, 5.41) is 7.10. The number of benzene rings is 1. The van der Waals surface area contributed by atoms with Crippen LogP contribution in [0.2, 0.25) is 0 Å². The Morgan fingerprint density at radius 3 is 2.67 bits per heavy atom. The first kappa shape index (κ1) is 13.4. The fourth-order valence-corrected chi connectivity index (χ4v) is 2.74. The normalized spacial score (nSPS) is 12.6. The van der Waals surface area contributed by atoms with Gasteiger partial charge in [-0.25, -0.2) is 9.89 Å². The molecule has 2 rings (SSSR count). The molecule has 5 nitrogen and oxygen atoms in total. The van der Waals surface area contributed by atoms with Crippen molar-refractivity contribution in [1.29, 1.82) is 0 Å². The van der Waals surface area contributed by atoms with E-state index in [2.05, 4.69) is 26.1 Å². The Morgan fingerprint density at radius 1 is 1.50 bits per heavy atom. The molecule has 0 aliphatic carbocycles. The maximum atomic E-state index is 11.3. The van der Waals surface area contributed by atoms with E-state index in [-0.39, 0.29) is 10.9 Å². The number of nitrogens with one attached hydrogen (secondary N) is 1. The minimum Gasteiger partial charge on any atom is -0.329 e. The van der Waals surface area contributed by atoms with Gasteiger partial charge in [-0.2, -0.15) is 0 Å². The Kier molecular flexibility index (Phi) is 4.26. The molecule has 0 fully saturated rings. The Morgan fingerprint density at radius 2 is 2.17 bits per heavy atom. The monoisotopic (exact) mass is 328 g/mol. The maximum Gasteiger partial charge on any atom is 0.343 e. The van der Waals surface area contributed by atoms with Crippen LogP contribution in [-0.2, 0) is 7.05 Å². The fraction of sp³-hybridized carbons (Fsp3) is 0.273. The van der Waals surface area contributed by atoms with Crippen molar-refractivity contribution in [3.8, 4) is 0 Å². The Balaban J connectivity index is 2.22. The lowest BCUT2D eigenvalue weighted by molar-refractivity contribution is 0.760. The summed E-state index contributed by atoms with van der Waals surface area (Å²) in [6.45, 7) is 0.480. The number of aromatic amines is 1. The molecule has 0 amide bonds. The highest BCUT2D eigenvalue weighted by Crippen LogP contribution is 2.32. The number of nitrogens with two attached hydrogens (primary N) is 1. The standard InChI is InChI=1S/C11H13BrN4OS/c1-16-10(17)14-15-11(16)18-9(6-13)7-2-4-8(12)5-3-7/h2-5,9H,6,13H2,1H3,(H,14,17). The SMILES string of the molecule is Cn1c(SC(CN)c2ccc(Br)cc2)n[nH]c1=O. The quantitative estimate of drug-likeness (QED) is 0.837. The van der Waals surface area contributed by atoms with Gasteiger partial charge in [-0.3, -0.25) is 4.57 Å². The molecule has 0 aliphatic heterocycles. The van der Waals surface area contributed by atoms with Crippen LogP contribution < -0.4 is 11.4 Å². The highest BCUT2D eigenvalue weighted by molar-refractivity contribution is 9.10. The predicted molar refractivity (Wildman–Crippen MR) is 75.6 cm³/mol. The van der Waals surface area contributed by atoms with Crippen molar-refractivity contribution in [1.82, 2.24) is 14.8 Å². The van der Waals surface area contributed by atoms with Crippen molar-refractivity contribution in [2.45, 2.75) is 10.4 Å². The van der Waals surface area contributed by atoms with E-state index < -0.39 is 0 Å². The average Bonchev–Trinajstić information content (AvgIpc) is 2.69. The molecule has 1 unspecified atom stereocenters. The van der Waals surface area contributed by atoms with Gasteiger partial charge in [0.25, 0.3) is 0 Å². The first-order valence-corrected chi connectivity index (χ1v) is 7.02. The third kappa shape index (κ3) is 2.85. The van der Waals surface area contributed by atoms with Crippen LogP contribution in [-0.4, -0.2) is 21.3 Å². The highest BCUT2D eigenvalue weighted by atomic mass is 79.9. The third-order valence-electron chi connectivity index (χ3n) is 2.54. The Labute approximate surface area is 117 Å². The van der Waals surface area contributed by atoms with Gasteiger partial charge in [-0.1, -0.05) is 39.8 Å². The maximum absolute atomic E-state index is 11.3. The number of nitrogens with zero attached hydrogens (tertiary/aromatic N) is 2. The van der Waals surface area contributed by atoms with E-state index in [0.29, 0.717) is 11.7 Å². The number of aromatic nitrogens is 3. The molecule has 96 valence electrons. The topological polar surface area (TPSA) is 76.7 Å². The van der Waals surface area contributed by atoms with E-state index in [1.165, 1.54) is 16.3 Å². The lowest BCUT2D eigenvalue weighted by Crippen LogP contribution is -2.14. The van der Waals surface area contributed by atoms with Crippen molar-refractivity contribution < 1.29 is 0 Å². The van der Waals surface area contributed by atoms with Crippen LogP contribution >= 0.6 is 27.7 Å². The van der Waals surface area contributed by atoms with Gasteiger partial charge in [0.05, 0.1) is 0 Å². The van der Waals surface area contributed by atoms with Gasteiger partial charge in [0.2, 0.25) is 0 Å². The molecule has 1 aromatic carbocycles. The number of rotatable bonds is 4. The van der Waals surface area contributed by atoms with Gasteiger partial charge in [0, 0.05) is 23.3 Å². The zero-order valence-corrected chi connectivity index (χ0v) is 12.2. The molecular formula is C11H13BrN4OS. The second-order valence-corrected chi connectivity index (χ2v) is 5.85. The summed E-state index contributed by atoms with van der Waals surface area (Å²) in [5.41, 5.74) is 6.68. The molecule has 0 aliphatic rings. The fourth-order valence-electron chi connectivity index (χ4n) is 1.49. The lowest BCUT2D eigenvalue weighted by atomic mass is 10.1. The molecule has 7 heteroatoms. The van der Waals surface area contributed by atoms with Crippen LogP contribution in [0.4, 0.5) is 0 Å². The summed E-state index contributed by atoms with van der Waals surface area (Å²) in [4.78, 5) is 11.3. The smallest absolute Gasteiger partial charge is 0.329 e. The second-order valence-electron chi connectivity index (χ2n) is 3.76. The van der Waals surface area contributed by atoms with E-state index in [0.717, 1.165) is 10.0 Å². The minimum absolute atomic E-state index is 0.0759. The van der Waals surface area contributed by atoms with Crippen molar-refractivity contribution in [2.24, 2.45) is 12.8 Å². The average molecular weight is 329 g/mol. The Hall–Kier alpha value is -1.05. The van der Waals surface area contributed by atoms with E-state index in [9.17, 15) is 4.79 Å². The molecule has 0 bridgehead atoms. The molecule has 1 aromatic heterocycles. The van der Waals surface area contributed by atoms with Gasteiger partial charge < -0.3 is 5.73 Å². The van der Waals surface area contributed by atoms with Gasteiger partial charge in [-0.05, 0) is 17.7 Å². The molecule has 2 aromatic rings. The van der Waals surface area contributed by atoms with Crippen LogP contribution in [0.5, 0.6) is 0 Å². The zero-order valence-electron chi connectivity index (χ0n) is 9.76. The summed E-state index contributed by atoms with van der Waals surface area (Å²) in [6.07, 6.45) is 0. The van der Waals surface area contributed by atoms with Crippen LogP contribution in [0.1, 0.15) is 10.8 Å². The van der Waals surface area contributed by atoms with Crippen molar-refractivity contribution in [3.05, 3.63) is 44.8 Å². The molecule has 0 radical (unpaired) electrons.